The molecule has 224 valence electrons. The lowest BCUT2D eigenvalue weighted by Gasteiger charge is -2.26. The number of ketones is 2. The third-order valence-corrected chi connectivity index (χ3v) is 8.18. The summed E-state index contributed by atoms with van der Waals surface area (Å²) in [6.45, 7) is 0. The number of phenolic OH excluding ortho intramolecular Hbond substituents is 2. The molecule has 2 aliphatic carbocycles. The summed E-state index contributed by atoms with van der Waals surface area (Å²) in [5.74, 6) is -2.07. The SMILES string of the molecule is O=C1C=C(c2cnccn2)CC(c2cc(Cc3ccc(O)c(C4CC(c5cnccn5)=CC(=O)/C4=C\O)c3)ccc2O)/C1=C/O. The molecule has 6 rings (SSSR count). The molecule has 4 aromatic rings. The van der Waals surface area contributed by atoms with Crippen LogP contribution in [0.15, 0.2) is 109 Å². The first-order valence-electron chi connectivity index (χ1n) is 14.2. The van der Waals surface area contributed by atoms with E-state index in [2.05, 4.69) is 19.9 Å². The second kappa shape index (κ2) is 12.4. The molecule has 0 saturated heterocycles. The summed E-state index contributed by atoms with van der Waals surface area (Å²) in [6, 6.07) is 10.2. The van der Waals surface area contributed by atoms with Gasteiger partial charge >= 0.3 is 0 Å². The first-order valence-corrected chi connectivity index (χ1v) is 14.2. The number of aliphatic hydroxyl groups is 2. The van der Waals surface area contributed by atoms with Crippen molar-refractivity contribution in [2.45, 2.75) is 31.1 Å². The van der Waals surface area contributed by atoms with Crippen LogP contribution in [0.2, 0.25) is 0 Å². The van der Waals surface area contributed by atoms with Crippen LogP contribution in [0.5, 0.6) is 11.5 Å². The minimum Gasteiger partial charge on any atom is -0.515 e. The van der Waals surface area contributed by atoms with E-state index in [4.69, 9.17) is 0 Å². The van der Waals surface area contributed by atoms with E-state index < -0.39 is 11.8 Å². The number of carbonyl (C=O) groups is 2. The highest BCUT2D eigenvalue weighted by molar-refractivity contribution is 6.11. The molecular formula is C35H28N4O6. The molecule has 0 saturated carbocycles. The van der Waals surface area contributed by atoms with Crippen LogP contribution in [0.4, 0.5) is 0 Å². The lowest BCUT2D eigenvalue weighted by Crippen LogP contribution is -2.18. The van der Waals surface area contributed by atoms with Gasteiger partial charge in [-0.2, -0.15) is 0 Å². The average molecular weight is 601 g/mol. The van der Waals surface area contributed by atoms with Gasteiger partial charge in [0.15, 0.2) is 11.6 Å². The van der Waals surface area contributed by atoms with Gasteiger partial charge in [-0.05, 0) is 65.8 Å². The summed E-state index contributed by atoms with van der Waals surface area (Å²) in [5.41, 5.74) is 5.20. The second-order valence-electron chi connectivity index (χ2n) is 10.9. The number of aromatic nitrogens is 4. The highest BCUT2D eigenvalue weighted by Crippen LogP contribution is 2.44. The molecule has 10 nitrogen and oxygen atoms in total. The minimum absolute atomic E-state index is 0.0236. The van der Waals surface area contributed by atoms with Crippen molar-refractivity contribution in [1.29, 1.82) is 0 Å². The molecule has 0 bridgehead atoms. The molecule has 0 aliphatic heterocycles. The maximum atomic E-state index is 13.0. The smallest absolute Gasteiger partial charge is 0.185 e. The Morgan fingerprint density at radius 1 is 0.667 bits per heavy atom. The molecule has 2 aliphatic rings. The Kier molecular flexibility index (Phi) is 8.03. The zero-order chi connectivity index (χ0) is 31.5. The fraction of sp³-hybridized carbons (Fsp3) is 0.143. The van der Waals surface area contributed by atoms with Gasteiger partial charge in [0, 0.05) is 58.9 Å². The number of hydrogen-bond acceptors (Lipinski definition) is 10. The van der Waals surface area contributed by atoms with Gasteiger partial charge in [-0.1, -0.05) is 24.3 Å². The van der Waals surface area contributed by atoms with Crippen LogP contribution in [0, 0.1) is 0 Å². The number of aromatic hydroxyl groups is 2. The number of phenols is 2. The molecule has 0 spiro atoms. The van der Waals surface area contributed by atoms with Crippen LogP contribution < -0.4 is 0 Å². The van der Waals surface area contributed by atoms with E-state index >= 15 is 0 Å². The normalized spacial score (nSPS) is 20.3. The predicted molar refractivity (Wildman–Crippen MR) is 165 cm³/mol. The van der Waals surface area contributed by atoms with Gasteiger partial charge in [0.1, 0.15) is 11.5 Å². The third kappa shape index (κ3) is 5.85. The second-order valence-corrected chi connectivity index (χ2v) is 10.9. The Morgan fingerprint density at radius 3 is 1.49 bits per heavy atom. The zero-order valence-electron chi connectivity index (χ0n) is 23.9. The number of benzene rings is 2. The quantitative estimate of drug-likeness (QED) is 0.165. The van der Waals surface area contributed by atoms with E-state index in [9.17, 15) is 30.0 Å². The molecule has 0 amide bonds. The molecule has 2 aromatic carbocycles. The van der Waals surface area contributed by atoms with Crippen molar-refractivity contribution in [1.82, 2.24) is 19.9 Å². The molecule has 10 heteroatoms. The minimum atomic E-state index is -0.628. The molecule has 2 atom stereocenters. The number of allylic oxidation sites excluding steroid dienone is 6. The highest BCUT2D eigenvalue weighted by Gasteiger charge is 2.32. The van der Waals surface area contributed by atoms with Gasteiger partial charge in [-0.25, -0.2) is 0 Å². The van der Waals surface area contributed by atoms with Crippen molar-refractivity contribution >= 4 is 22.7 Å². The Morgan fingerprint density at radius 2 is 1.11 bits per heavy atom. The van der Waals surface area contributed by atoms with Gasteiger partial charge < -0.3 is 20.4 Å². The monoisotopic (exact) mass is 600 g/mol. The van der Waals surface area contributed by atoms with E-state index in [1.165, 1.54) is 36.9 Å². The average Bonchev–Trinajstić information content (AvgIpc) is 3.06. The van der Waals surface area contributed by atoms with Crippen LogP contribution in [0.1, 0.15) is 58.3 Å². The Balaban J connectivity index is 1.31. The van der Waals surface area contributed by atoms with Gasteiger partial charge in [0.25, 0.3) is 0 Å². The number of carbonyl (C=O) groups excluding carboxylic acids is 2. The van der Waals surface area contributed by atoms with Crippen molar-refractivity contribution in [2.24, 2.45) is 0 Å². The molecule has 4 N–H and O–H groups in total. The Hall–Kier alpha value is -5.90. The van der Waals surface area contributed by atoms with Crippen LogP contribution in [0.3, 0.4) is 0 Å². The van der Waals surface area contributed by atoms with Crippen LogP contribution in [0.25, 0.3) is 11.1 Å². The van der Waals surface area contributed by atoms with E-state index in [-0.39, 0.29) is 34.2 Å². The fourth-order valence-corrected chi connectivity index (χ4v) is 5.97. The Bertz CT molecular complexity index is 1780. The lowest BCUT2D eigenvalue weighted by molar-refractivity contribution is -0.112. The van der Waals surface area contributed by atoms with Crippen molar-refractivity contribution < 1.29 is 30.0 Å². The van der Waals surface area contributed by atoms with E-state index in [0.29, 0.717) is 52.9 Å². The van der Waals surface area contributed by atoms with E-state index in [0.717, 1.165) is 23.7 Å². The summed E-state index contributed by atoms with van der Waals surface area (Å²) in [4.78, 5) is 42.7. The highest BCUT2D eigenvalue weighted by atomic mass is 16.3. The summed E-state index contributed by atoms with van der Waals surface area (Å²) < 4.78 is 0. The van der Waals surface area contributed by atoms with Gasteiger partial charge in [0.05, 0.1) is 36.3 Å². The van der Waals surface area contributed by atoms with Crippen molar-refractivity contribution in [3.63, 3.8) is 0 Å². The first-order chi connectivity index (χ1) is 21.9. The van der Waals surface area contributed by atoms with Crippen molar-refractivity contribution in [3.05, 3.63) is 143 Å². The molecular weight excluding hydrogens is 572 g/mol. The summed E-state index contributed by atoms with van der Waals surface area (Å²) in [5, 5.41) is 41.7. The number of aliphatic hydroxyl groups excluding tert-OH is 2. The molecule has 0 fully saturated rings. The van der Waals surface area contributed by atoms with Crippen molar-refractivity contribution in [3.8, 4) is 11.5 Å². The maximum absolute atomic E-state index is 13.0. The zero-order valence-corrected chi connectivity index (χ0v) is 23.9. The summed E-state index contributed by atoms with van der Waals surface area (Å²) in [6.07, 6.45) is 14.7. The third-order valence-electron chi connectivity index (χ3n) is 8.18. The topological polar surface area (TPSA) is 167 Å². The molecule has 45 heavy (non-hydrogen) atoms. The molecule has 2 heterocycles. The largest absolute Gasteiger partial charge is 0.515 e. The van der Waals surface area contributed by atoms with E-state index in [1.54, 1.807) is 48.8 Å². The van der Waals surface area contributed by atoms with E-state index in [1.807, 2.05) is 0 Å². The van der Waals surface area contributed by atoms with Gasteiger partial charge in [-0.3, -0.25) is 29.5 Å². The van der Waals surface area contributed by atoms with Gasteiger partial charge in [0.2, 0.25) is 0 Å². The molecule has 2 unspecified atom stereocenters. The maximum Gasteiger partial charge on any atom is 0.185 e. The summed E-state index contributed by atoms with van der Waals surface area (Å²) >= 11 is 0. The Labute approximate surface area is 258 Å². The molecule has 0 radical (unpaired) electrons. The van der Waals surface area contributed by atoms with Crippen LogP contribution in [-0.4, -0.2) is 51.9 Å². The van der Waals surface area contributed by atoms with Crippen LogP contribution in [-0.2, 0) is 16.0 Å². The lowest BCUT2D eigenvalue weighted by atomic mass is 9.77. The number of nitrogens with zero attached hydrogens (tertiary/aromatic N) is 4. The molecule has 2 aromatic heterocycles. The number of rotatable bonds is 6. The standard InChI is InChI=1S/C35H28N4O6/c40-18-28-24(12-22(14-34(28)44)30-16-36-5-7-38-30)26-10-20(1-3-32(26)42)9-21-2-4-33(43)27(11-21)25-13-23(15-35(45)29(25)19-41)31-17-37-6-8-39-31/h1-8,10-11,14-19,24-25,40-43H,9,12-13H2/b28-18-,29-19-. The number of hydrogen-bond donors (Lipinski definition) is 4. The fourth-order valence-electron chi connectivity index (χ4n) is 5.97. The van der Waals surface area contributed by atoms with Crippen LogP contribution >= 0.6 is 0 Å². The first kappa shape index (κ1) is 29.2. The predicted octanol–water partition coefficient (Wildman–Crippen LogP) is 5.43. The van der Waals surface area contributed by atoms with Crippen molar-refractivity contribution in [2.75, 3.05) is 0 Å². The summed E-state index contributed by atoms with van der Waals surface area (Å²) in [7, 11) is 0. The van der Waals surface area contributed by atoms with Gasteiger partial charge in [-0.15, -0.1) is 0 Å².